The van der Waals surface area contributed by atoms with Gasteiger partial charge in [0.2, 0.25) is 0 Å². The van der Waals surface area contributed by atoms with Crippen LogP contribution in [0.15, 0.2) is 17.8 Å². The number of thiazole rings is 1. The van der Waals surface area contributed by atoms with Crippen LogP contribution in [0.5, 0.6) is 0 Å². The minimum absolute atomic E-state index is 0.152. The van der Waals surface area contributed by atoms with Crippen molar-refractivity contribution in [2.75, 3.05) is 0 Å². The smallest absolute Gasteiger partial charge is 0.360 e. The van der Waals surface area contributed by atoms with Crippen molar-refractivity contribution in [1.29, 1.82) is 0 Å². The van der Waals surface area contributed by atoms with Gasteiger partial charge in [0, 0.05) is 17.8 Å². The number of nitrogens with one attached hydrogen (secondary N) is 1. The number of hydrogen-bond acceptors (Lipinski definition) is 3. The Labute approximate surface area is 106 Å². The Morgan fingerprint density at radius 1 is 1.28 bits per heavy atom. The van der Waals surface area contributed by atoms with Crippen LogP contribution in [0.4, 0.5) is 17.6 Å². The fraction of sp³-hybridized carbons (Fsp3) is 0.100. The van der Waals surface area contributed by atoms with E-state index < -0.39 is 16.2 Å². The van der Waals surface area contributed by atoms with E-state index in [4.69, 9.17) is 0 Å². The van der Waals surface area contributed by atoms with Gasteiger partial charge in [-0.25, -0.2) is 4.98 Å². The second-order valence-electron chi connectivity index (χ2n) is 3.52. The maximum Gasteiger partial charge on any atom is 0.427 e. The number of aromatic nitrogens is 2. The van der Waals surface area contributed by atoms with Gasteiger partial charge in [-0.3, -0.25) is 0 Å². The van der Waals surface area contributed by atoms with E-state index in [0.717, 1.165) is 16.8 Å². The molecule has 0 bridgehead atoms. The second-order valence-corrected chi connectivity index (χ2v) is 5.38. The van der Waals surface area contributed by atoms with E-state index >= 15 is 0 Å². The van der Waals surface area contributed by atoms with Crippen molar-refractivity contribution in [3.05, 3.63) is 27.8 Å². The lowest BCUT2D eigenvalue weighted by Gasteiger charge is -2.04. The van der Waals surface area contributed by atoms with Crippen molar-refractivity contribution < 1.29 is 17.6 Å². The molecular formula is C10H4F4N2S2. The first kappa shape index (κ1) is 11.7. The largest absolute Gasteiger partial charge is 0.427 e. The van der Waals surface area contributed by atoms with Crippen LogP contribution in [0, 0.1) is 5.13 Å². The topological polar surface area (TPSA) is 28.7 Å². The molecule has 3 aromatic heterocycles. The molecule has 0 saturated carbocycles. The first-order chi connectivity index (χ1) is 8.47. The van der Waals surface area contributed by atoms with Gasteiger partial charge in [0.25, 0.3) is 0 Å². The van der Waals surface area contributed by atoms with Gasteiger partial charge in [-0.05, 0) is 0 Å². The van der Waals surface area contributed by atoms with Crippen LogP contribution < -0.4 is 0 Å². The zero-order chi connectivity index (χ0) is 12.9. The van der Waals surface area contributed by atoms with Gasteiger partial charge in [-0.1, -0.05) is 0 Å². The third kappa shape index (κ3) is 1.72. The summed E-state index contributed by atoms with van der Waals surface area (Å²) in [4.78, 5) is 5.72. The molecule has 0 fully saturated rings. The summed E-state index contributed by atoms with van der Waals surface area (Å²) in [6, 6.07) is 1.25. The number of aromatic amines is 1. The van der Waals surface area contributed by atoms with E-state index in [1.54, 1.807) is 0 Å². The van der Waals surface area contributed by atoms with Gasteiger partial charge in [0.05, 0.1) is 21.4 Å². The van der Waals surface area contributed by atoms with E-state index in [9.17, 15) is 17.6 Å². The summed E-state index contributed by atoms with van der Waals surface area (Å²) in [5.74, 6) is 0. The average molecular weight is 292 g/mol. The number of thiophene rings is 1. The van der Waals surface area contributed by atoms with Crippen LogP contribution in [0.1, 0.15) is 4.88 Å². The first-order valence-electron chi connectivity index (χ1n) is 4.74. The third-order valence-electron chi connectivity index (χ3n) is 2.40. The van der Waals surface area contributed by atoms with Crippen LogP contribution >= 0.6 is 22.7 Å². The zero-order valence-electron chi connectivity index (χ0n) is 8.51. The molecule has 18 heavy (non-hydrogen) atoms. The summed E-state index contributed by atoms with van der Waals surface area (Å²) in [5, 5.41) is -0.443. The summed E-state index contributed by atoms with van der Waals surface area (Å²) >= 11 is 1.33. The first-order valence-corrected chi connectivity index (χ1v) is 6.44. The molecular weight excluding hydrogens is 288 g/mol. The van der Waals surface area contributed by atoms with Crippen molar-refractivity contribution in [2.24, 2.45) is 0 Å². The predicted molar refractivity (Wildman–Crippen MR) is 62.2 cm³/mol. The second kappa shape index (κ2) is 3.79. The summed E-state index contributed by atoms with van der Waals surface area (Å²) in [6.07, 6.45) is -3.03. The molecule has 3 aromatic rings. The van der Waals surface area contributed by atoms with Crippen molar-refractivity contribution in [3.63, 3.8) is 0 Å². The highest BCUT2D eigenvalue weighted by Gasteiger charge is 2.37. The van der Waals surface area contributed by atoms with Gasteiger partial charge in [0.15, 0.2) is 5.13 Å². The lowest BCUT2D eigenvalue weighted by Crippen LogP contribution is -2.03. The number of rotatable bonds is 1. The molecule has 1 N–H and O–H groups in total. The maximum absolute atomic E-state index is 13.1. The van der Waals surface area contributed by atoms with Crippen LogP contribution in [-0.4, -0.2) is 9.97 Å². The molecule has 0 atom stereocenters. The third-order valence-corrected chi connectivity index (χ3v) is 4.23. The Hall–Kier alpha value is -1.41. The molecule has 0 saturated heterocycles. The molecule has 0 aliphatic rings. The Bertz CT molecular complexity index is 707. The molecule has 3 heterocycles. The van der Waals surface area contributed by atoms with Gasteiger partial charge in [0.1, 0.15) is 4.88 Å². The average Bonchev–Trinajstić information content (AvgIpc) is 2.88. The van der Waals surface area contributed by atoms with Crippen molar-refractivity contribution in [2.45, 2.75) is 6.18 Å². The fourth-order valence-electron chi connectivity index (χ4n) is 1.70. The molecule has 2 nitrogen and oxygen atoms in total. The number of halogens is 4. The van der Waals surface area contributed by atoms with Crippen molar-refractivity contribution >= 4 is 32.9 Å². The summed E-state index contributed by atoms with van der Waals surface area (Å²) < 4.78 is 51.8. The van der Waals surface area contributed by atoms with E-state index in [2.05, 4.69) is 9.97 Å². The minimum Gasteiger partial charge on any atom is -0.360 e. The summed E-state index contributed by atoms with van der Waals surface area (Å²) in [7, 11) is 0. The number of nitrogens with zero attached hydrogens (tertiary/aromatic N) is 1. The number of alkyl halides is 3. The van der Waals surface area contributed by atoms with Gasteiger partial charge in [-0.15, -0.1) is 22.7 Å². The van der Waals surface area contributed by atoms with Gasteiger partial charge >= 0.3 is 6.18 Å². The normalized spacial score (nSPS) is 12.4. The quantitative estimate of drug-likeness (QED) is 0.657. The number of H-pyrrole nitrogens is 1. The monoisotopic (exact) mass is 292 g/mol. The molecule has 0 spiro atoms. The Morgan fingerprint density at radius 2 is 2.06 bits per heavy atom. The Morgan fingerprint density at radius 3 is 2.78 bits per heavy atom. The standard InChI is InChI=1S/C10H4F4N2S2/c11-6-1-5-8(18-6)4(2-15-5)7-9(10(12,13)14)17-3-16-7/h1-3,15H. The lowest BCUT2D eigenvalue weighted by molar-refractivity contribution is -0.134. The maximum atomic E-state index is 13.1. The van der Waals surface area contributed by atoms with Crippen molar-refractivity contribution in [3.8, 4) is 11.3 Å². The Balaban J connectivity index is 2.23. The van der Waals surface area contributed by atoms with Crippen molar-refractivity contribution in [1.82, 2.24) is 9.97 Å². The summed E-state index contributed by atoms with van der Waals surface area (Å²) in [6.45, 7) is 0. The molecule has 0 unspecified atom stereocenters. The Kier molecular flexibility index (Phi) is 2.46. The van der Waals surface area contributed by atoms with Gasteiger partial charge < -0.3 is 4.98 Å². The van der Waals surface area contributed by atoms with E-state index in [1.807, 2.05) is 0 Å². The van der Waals surface area contributed by atoms with E-state index in [-0.39, 0.29) is 11.3 Å². The molecule has 3 rings (SSSR count). The fourth-order valence-corrected chi connectivity index (χ4v) is 3.24. The minimum atomic E-state index is -4.45. The molecule has 94 valence electrons. The number of hydrogen-bond donors (Lipinski definition) is 1. The van der Waals surface area contributed by atoms with Crippen LogP contribution in [-0.2, 0) is 6.18 Å². The highest BCUT2D eigenvalue weighted by molar-refractivity contribution is 7.18. The molecule has 0 aliphatic heterocycles. The highest BCUT2D eigenvalue weighted by Crippen LogP contribution is 2.42. The molecule has 0 aliphatic carbocycles. The van der Waals surface area contributed by atoms with Crippen LogP contribution in [0.3, 0.4) is 0 Å². The van der Waals surface area contributed by atoms with Crippen LogP contribution in [0.25, 0.3) is 21.5 Å². The van der Waals surface area contributed by atoms with E-state index in [1.165, 1.54) is 12.3 Å². The van der Waals surface area contributed by atoms with Gasteiger partial charge in [-0.2, -0.15) is 17.6 Å². The lowest BCUT2D eigenvalue weighted by atomic mass is 10.2. The molecule has 0 aromatic carbocycles. The number of fused-ring (bicyclic) bond motifs is 1. The SMILES string of the molecule is Fc1cc2[nH]cc(-c3ncsc3C(F)(F)F)c2s1. The molecule has 0 radical (unpaired) electrons. The molecule has 8 heteroatoms. The zero-order valence-corrected chi connectivity index (χ0v) is 10.1. The van der Waals surface area contributed by atoms with E-state index in [0.29, 0.717) is 21.6 Å². The molecule has 0 amide bonds. The predicted octanol–water partition coefficient (Wildman–Crippen LogP) is 4.51. The summed E-state index contributed by atoms with van der Waals surface area (Å²) in [5.41, 5.74) is 1.75. The van der Waals surface area contributed by atoms with Crippen LogP contribution in [0.2, 0.25) is 0 Å². The highest BCUT2D eigenvalue weighted by atomic mass is 32.1.